The van der Waals surface area contributed by atoms with Crippen molar-refractivity contribution in [2.24, 2.45) is 0 Å². The Balaban J connectivity index is 4.69. The third kappa shape index (κ3) is 16.1. The molecule has 30 heavy (non-hydrogen) atoms. The molecule has 0 saturated carbocycles. The number of carbonyl (C=O) groups is 1. The van der Waals surface area contributed by atoms with Crippen molar-refractivity contribution in [3.8, 4) is 0 Å². The van der Waals surface area contributed by atoms with Crippen LogP contribution in [0.15, 0.2) is 0 Å². The minimum Gasteiger partial charge on any atom is -0.467 e. The maximum atomic E-state index is 10.2. The lowest BCUT2D eigenvalue weighted by Gasteiger charge is -2.42. The third-order valence-electron chi connectivity index (χ3n) is 4.03. The van der Waals surface area contributed by atoms with E-state index < -0.39 is 42.3 Å². The molecule has 0 fully saturated rings. The van der Waals surface area contributed by atoms with Gasteiger partial charge in [0, 0.05) is 6.54 Å². The van der Waals surface area contributed by atoms with Gasteiger partial charge in [0.25, 0.3) is 6.47 Å². The van der Waals surface area contributed by atoms with Gasteiger partial charge in [-0.25, -0.2) is 0 Å². The molecule has 0 rings (SSSR count). The molecule has 0 aromatic carbocycles. The normalized spacial score (nSPS) is 14.3. The van der Waals surface area contributed by atoms with Gasteiger partial charge in [-0.1, -0.05) is 0 Å². The van der Waals surface area contributed by atoms with Crippen molar-refractivity contribution in [1.29, 1.82) is 0 Å². The zero-order chi connectivity index (χ0) is 23.9. The Morgan fingerprint density at radius 2 is 1.17 bits per heavy atom. The highest BCUT2D eigenvalue weighted by Crippen LogP contribution is 2.27. The molecule has 7 nitrogen and oxygen atoms in total. The van der Waals surface area contributed by atoms with E-state index in [0.717, 1.165) is 25.6 Å². The number of hydrogen-bond donors (Lipinski definition) is 0. The van der Waals surface area contributed by atoms with Gasteiger partial charge in [0.05, 0.1) is 0 Å². The molecule has 0 amide bonds. The molecule has 0 aliphatic heterocycles. The summed E-state index contributed by atoms with van der Waals surface area (Å²) in [6.45, 7) is 26.5. The monoisotopic (exact) mass is 513 g/mol. The molecule has 0 bridgehead atoms. The number of ether oxygens (including phenoxy) is 1. The fraction of sp³-hybridized carbons (Fsp3) is 0.944. The van der Waals surface area contributed by atoms with Gasteiger partial charge in [-0.2, -0.15) is 0 Å². The highest BCUT2D eigenvalue weighted by Gasteiger charge is 2.45. The molecule has 0 heterocycles. The summed E-state index contributed by atoms with van der Waals surface area (Å²) in [6, 6.07) is 1.06. The van der Waals surface area contributed by atoms with E-state index in [4.69, 9.17) is 21.2 Å². The topological polar surface area (TPSA) is 66.5 Å². The smallest absolute Gasteiger partial charge is 0.314 e. The molecule has 0 atom stereocenters. The molecule has 0 saturated heterocycles. The predicted molar refractivity (Wildman–Crippen MR) is 137 cm³/mol. The molecule has 0 radical (unpaired) electrons. The Labute approximate surface area is 190 Å². The summed E-state index contributed by atoms with van der Waals surface area (Å²) in [7, 11) is -8.43. The molecule has 0 aromatic rings. The molecule has 0 unspecified atom stereocenters. The van der Waals surface area contributed by atoms with Crippen molar-refractivity contribution >= 4 is 48.8 Å². The first-order valence-corrected chi connectivity index (χ1v) is 25.8. The van der Waals surface area contributed by atoms with Gasteiger partial charge < -0.3 is 26.1 Å². The summed E-state index contributed by atoms with van der Waals surface area (Å²) in [4.78, 5) is 12.4. The molecule has 0 N–H and O–H groups in total. The van der Waals surface area contributed by atoms with Gasteiger partial charge in [-0.15, -0.1) is 0 Å². The molecule has 0 aliphatic carbocycles. The molecule has 180 valence electrons. The summed E-state index contributed by atoms with van der Waals surface area (Å²) < 4.78 is 30.9. The van der Waals surface area contributed by atoms with Crippen molar-refractivity contribution in [1.82, 2.24) is 4.90 Å². The zero-order valence-electron chi connectivity index (χ0n) is 21.5. The Kier molecular flexibility index (Phi) is 12.1. The van der Waals surface area contributed by atoms with Crippen LogP contribution in [0.5, 0.6) is 0 Å². The number of nitrogens with zero attached hydrogens (tertiary/aromatic N) is 1. The second kappa shape index (κ2) is 12.0. The van der Waals surface area contributed by atoms with Crippen LogP contribution >= 0.6 is 0 Å². The van der Waals surface area contributed by atoms with Crippen molar-refractivity contribution in [3.05, 3.63) is 0 Å². The van der Waals surface area contributed by atoms with E-state index in [-0.39, 0.29) is 0 Å². The average Bonchev–Trinajstić information content (AvgIpc) is 2.39. The lowest BCUT2D eigenvalue weighted by molar-refractivity contribution is -0.129. The van der Waals surface area contributed by atoms with Crippen molar-refractivity contribution in [2.75, 3.05) is 26.7 Å². The van der Waals surface area contributed by atoms with Gasteiger partial charge in [0.15, 0.2) is 16.6 Å². The van der Waals surface area contributed by atoms with Crippen LogP contribution in [0.25, 0.3) is 0 Å². The molecule has 12 heteroatoms. The van der Waals surface area contributed by atoms with Gasteiger partial charge in [0.1, 0.15) is 6.61 Å². The van der Waals surface area contributed by atoms with Crippen LogP contribution in [0.4, 0.5) is 0 Å². The molecular weight excluding hydrogens is 467 g/mol. The molecular formula is C18H47NO6Si5. The van der Waals surface area contributed by atoms with E-state index in [1.165, 1.54) is 0 Å². The van der Waals surface area contributed by atoms with Crippen LogP contribution in [-0.2, 0) is 26.0 Å². The predicted octanol–water partition coefficient (Wildman–Crippen LogP) is 4.69. The highest BCUT2D eigenvalue weighted by molar-refractivity contribution is 6.90. The van der Waals surface area contributed by atoms with E-state index in [1.54, 1.807) is 0 Å². The van der Waals surface area contributed by atoms with Crippen molar-refractivity contribution in [2.45, 2.75) is 84.5 Å². The van der Waals surface area contributed by atoms with Gasteiger partial charge in [0.2, 0.25) is 0 Å². The fourth-order valence-corrected chi connectivity index (χ4v) is 27.6. The average molecular weight is 514 g/mol. The van der Waals surface area contributed by atoms with Crippen molar-refractivity contribution in [3.63, 3.8) is 0 Å². The van der Waals surface area contributed by atoms with E-state index in [2.05, 4.69) is 76.9 Å². The maximum absolute atomic E-state index is 10.2. The van der Waals surface area contributed by atoms with Crippen LogP contribution in [0, 0.1) is 0 Å². The summed E-state index contributed by atoms with van der Waals surface area (Å²) in [5.41, 5.74) is 0. The van der Waals surface area contributed by atoms with Crippen LogP contribution in [0.1, 0.15) is 6.42 Å². The van der Waals surface area contributed by atoms with Gasteiger partial charge >= 0.3 is 25.7 Å². The van der Waals surface area contributed by atoms with E-state index in [1.807, 2.05) is 7.05 Å². The number of likely N-dealkylation sites (N-methyl/N-ethyl adjacent to an activating group) is 1. The fourth-order valence-electron chi connectivity index (χ4n) is 3.84. The second-order valence-electron chi connectivity index (χ2n) is 10.9. The van der Waals surface area contributed by atoms with E-state index in [9.17, 15) is 4.79 Å². The molecule has 0 spiro atoms. The first-order valence-electron chi connectivity index (χ1n) is 10.8. The number of carbonyl (C=O) groups excluding carboxylic acids is 1. The maximum Gasteiger partial charge on any atom is 0.314 e. The summed E-state index contributed by atoms with van der Waals surface area (Å²) in [5, 5.41) is 0. The first-order chi connectivity index (χ1) is 13.3. The Hall–Kier alpha value is 0.354. The van der Waals surface area contributed by atoms with Crippen LogP contribution < -0.4 is 0 Å². The summed E-state index contributed by atoms with van der Waals surface area (Å²) >= 11 is 0. The minimum atomic E-state index is -2.37. The Morgan fingerprint density at radius 3 is 1.63 bits per heavy atom. The SMILES string of the molecule is CN(CCC[Si](C)(C)O[Si](C)(C)O[Si](C)(C)O[Si](C)(C)O[Si](C)(C)C)CCOC=O. The zero-order valence-corrected chi connectivity index (χ0v) is 26.5. The van der Waals surface area contributed by atoms with Crippen LogP contribution in [0.3, 0.4) is 0 Å². The largest absolute Gasteiger partial charge is 0.467 e. The van der Waals surface area contributed by atoms with Crippen molar-refractivity contribution < 1.29 is 26.0 Å². The number of rotatable bonds is 16. The van der Waals surface area contributed by atoms with Crippen LogP contribution in [0.2, 0.25) is 78.1 Å². The van der Waals surface area contributed by atoms with Gasteiger partial charge in [-0.05, 0) is 98.1 Å². The Morgan fingerprint density at radius 1 is 0.700 bits per heavy atom. The van der Waals surface area contributed by atoms with E-state index in [0.29, 0.717) is 13.1 Å². The second-order valence-corrected chi connectivity index (χ2v) is 30.8. The summed E-state index contributed by atoms with van der Waals surface area (Å²) in [5.74, 6) is 0. The standard InChI is InChI=1S/C18H47NO6Si5/c1-19(15-16-21-18-20)14-13-17-27(5,6)23-29(9,10)25-30(11,12)24-28(7,8)22-26(2,3)4/h18H,13-17H2,1-12H3. The lowest BCUT2D eigenvalue weighted by Crippen LogP contribution is -2.58. The molecule has 0 aromatic heterocycles. The lowest BCUT2D eigenvalue weighted by atomic mass is 10.4. The third-order valence-corrected chi connectivity index (χ3v) is 22.1. The summed E-state index contributed by atoms with van der Waals surface area (Å²) in [6.07, 6.45) is 1.06. The molecule has 0 aliphatic rings. The number of hydrogen-bond acceptors (Lipinski definition) is 7. The highest BCUT2D eigenvalue weighted by atomic mass is 28.5. The Bertz CT molecular complexity index is 526. The first kappa shape index (κ1) is 30.4. The van der Waals surface area contributed by atoms with E-state index >= 15 is 0 Å². The van der Waals surface area contributed by atoms with Gasteiger partial charge in [-0.3, -0.25) is 4.79 Å². The minimum absolute atomic E-state index is 0.436. The van der Waals surface area contributed by atoms with Crippen LogP contribution in [-0.4, -0.2) is 80.4 Å². The quantitative estimate of drug-likeness (QED) is 0.168.